The molecule has 7 nitrogen and oxygen atoms in total. The highest BCUT2D eigenvalue weighted by molar-refractivity contribution is 9.10. The topological polar surface area (TPSA) is 68.4 Å². The van der Waals surface area contributed by atoms with Crippen LogP contribution < -0.4 is 0 Å². The summed E-state index contributed by atoms with van der Waals surface area (Å²) in [6.07, 6.45) is 1.78. The molecule has 1 aliphatic heterocycles. The second kappa shape index (κ2) is 7.06. The first-order valence-electron chi connectivity index (χ1n) is 8.13. The summed E-state index contributed by atoms with van der Waals surface area (Å²) in [6.45, 7) is 0.748. The van der Waals surface area contributed by atoms with E-state index < -0.39 is 0 Å². The standard InChI is InChI=1S/C18H17BrN6O/c1-24(2)26-11-17-23-22-16-10-21-18(14-5-3-4-8-20-14)13-7-6-12(19)9-15(13)25(16)17/h3-9H,10-11H2,1-2H3. The zero-order valence-corrected chi connectivity index (χ0v) is 16.0. The van der Waals surface area contributed by atoms with Gasteiger partial charge in [0.1, 0.15) is 13.2 Å². The molecule has 1 aromatic carbocycles. The van der Waals surface area contributed by atoms with Gasteiger partial charge in [0, 0.05) is 30.3 Å². The summed E-state index contributed by atoms with van der Waals surface area (Å²) in [5, 5.41) is 10.3. The molecule has 3 heterocycles. The van der Waals surface area contributed by atoms with Crippen molar-refractivity contribution >= 4 is 21.6 Å². The average molecular weight is 413 g/mol. The molecule has 0 spiro atoms. The zero-order valence-electron chi connectivity index (χ0n) is 14.4. The molecule has 3 aromatic rings. The molecule has 26 heavy (non-hydrogen) atoms. The van der Waals surface area contributed by atoms with Gasteiger partial charge in [-0.25, -0.2) is 0 Å². The number of pyridine rings is 1. The molecule has 2 aromatic heterocycles. The number of aromatic nitrogens is 4. The predicted molar refractivity (Wildman–Crippen MR) is 101 cm³/mol. The number of nitrogens with zero attached hydrogens (tertiary/aromatic N) is 6. The van der Waals surface area contributed by atoms with E-state index in [-0.39, 0.29) is 0 Å². The molecule has 4 rings (SSSR count). The SMILES string of the molecule is CN(C)OCc1nnc2n1-c1cc(Br)ccc1C(c1ccccn1)=NC2. The van der Waals surface area contributed by atoms with Crippen molar-refractivity contribution in [2.75, 3.05) is 14.1 Å². The van der Waals surface area contributed by atoms with Crippen LogP contribution >= 0.6 is 15.9 Å². The van der Waals surface area contributed by atoms with Gasteiger partial charge in [0.05, 0.1) is 17.1 Å². The lowest BCUT2D eigenvalue weighted by atomic mass is 10.0. The van der Waals surface area contributed by atoms with Gasteiger partial charge in [-0.15, -0.1) is 10.2 Å². The molecule has 0 saturated carbocycles. The summed E-state index contributed by atoms with van der Waals surface area (Å²) in [6, 6.07) is 11.9. The van der Waals surface area contributed by atoms with Crippen molar-refractivity contribution < 1.29 is 4.84 Å². The number of fused-ring (bicyclic) bond motifs is 3. The maximum Gasteiger partial charge on any atom is 0.165 e. The number of hydrogen-bond acceptors (Lipinski definition) is 6. The van der Waals surface area contributed by atoms with E-state index in [9.17, 15) is 0 Å². The van der Waals surface area contributed by atoms with E-state index in [1.54, 1.807) is 11.3 Å². The number of hydroxylamine groups is 2. The average Bonchev–Trinajstić information content (AvgIpc) is 2.97. The fourth-order valence-electron chi connectivity index (χ4n) is 2.86. The van der Waals surface area contributed by atoms with Gasteiger partial charge < -0.3 is 0 Å². The van der Waals surface area contributed by atoms with Gasteiger partial charge in [0.15, 0.2) is 11.6 Å². The molecule has 0 fully saturated rings. The van der Waals surface area contributed by atoms with Crippen LogP contribution in [0, 0.1) is 0 Å². The van der Waals surface area contributed by atoms with E-state index in [0.29, 0.717) is 13.2 Å². The fourth-order valence-corrected chi connectivity index (χ4v) is 3.21. The first-order valence-corrected chi connectivity index (χ1v) is 8.92. The number of halogens is 1. The number of aliphatic imine (C=N–C) groups is 1. The third-order valence-corrected chi connectivity index (χ3v) is 4.48. The van der Waals surface area contributed by atoms with Gasteiger partial charge >= 0.3 is 0 Å². The van der Waals surface area contributed by atoms with Crippen molar-refractivity contribution in [3.8, 4) is 5.69 Å². The van der Waals surface area contributed by atoms with Crippen LogP contribution in [0.1, 0.15) is 22.9 Å². The Morgan fingerprint density at radius 3 is 2.85 bits per heavy atom. The molecule has 0 saturated heterocycles. The first-order chi connectivity index (χ1) is 12.6. The van der Waals surface area contributed by atoms with E-state index in [2.05, 4.69) is 31.1 Å². The molecular weight excluding hydrogens is 396 g/mol. The normalized spacial score (nSPS) is 13.2. The largest absolute Gasteiger partial charge is 0.291 e. The summed E-state index contributed by atoms with van der Waals surface area (Å²) in [4.78, 5) is 14.9. The quantitative estimate of drug-likeness (QED) is 0.616. The molecule has 0 amide bonds. The lowest BCUT2D eigenvalue weighted by Gasteiger charge is -2.15. The third kappa shape index (κ3) is 3.18. The molecule has 0 N–H and O–H groups in total. The lowest BCUT2D eigenvalue weighted by Crippen LogP contribution is -2.16. The van der Waals surface area contributed by atoms with Crippen LogP contribution in [-0.2, 0) is 18.0 Å². The van der Waals surface area contributed by atoms with Crippen LogP contribution in [-0.4, -0.2) is 44.6 Å². The van der Waals surface area contributed by atoms with Crippen molar-refractivity contribution in [1.29, 1.82) is 0 Å². The van der Waals surface area contributed by atoms with Crippen molar-refractivity contribution in [2.24, 2.45) is 4.99 Å². The lowest BCUT2D eigenvalue weighted by molar-refractivity contribution is -0.133. The second-order valence-corrected chi connectivity index (χ2v) is 6.91. The minimum Gasteiger partial charge on any atom is -0.291 e. The van der Waals surface area contributed by atoms with E-state index in [1.807, 2.05) is 55.1 Å². The molecule has 8 heteroatoms. The Hall–Kier alpha value is -2.42. The third-order valence-electron chi connectivity index (χ3n) is 3.99. The highest BCUT2D eigenvalue weighted by Gasteiger charge is 2.23. The van der Waals surface area contributed by atoms with E-state index in [4.69, 9.17) is 9.83 Å². The maximum atomic E-state index is 5.60. The monoisotopic (exact) mass is 412 g/mol. The number of benzene rings is 1. The van der Waals surface area contributed by atoms with Gasteiger partial charge in [-0.05, 0) is 30.3 Å². The summed E-state index contributed by atoms with van der Waals surface area (Å²) < 4.78 is 2.99. The van der Waals surface area contributed by atoms with Crippen molar-refractivity contribution in [2.45, 2.75) is 13.2 Å². The van der Waals surface area contributed by atoms with Crippen molar-refractivity contribution in [1.82, 2.24) is 24.8 Å². The minimum absolute atomic E-state index is 0.324. The molecule has 0 bridgehead atoms. The molecule has 0 unspecified atom stereocenters. The summed E-state index contributed by atoms with van der Waals surface area (Å²) in [5.74, 6) is 1.50. The van der Waals surface area contributed by atoms with Crippen LogP contribution in [0.15, 0.2) is 52.1 Å². The molecular formula is C18H17BrN6O. The highest BCUT2D eigenvalue weighted by Crippen LogP contribution is 2.28. The zero-order chi connectivity index (χ0) is 18.1. The Morgan fingerprint density at radius 2 is 2.08 bits per heavy atom. The van der Waals surface area contributed by atoms with Crippen LogP contribution in [0.4, 0.5) is 0 Å². The molecule has 132 valence electrons. The Morgan fingerprint density at radius 1 is 1.19 bits per heavy atom. The van der Waals surface area contributed by atoms with Crippen LogP contribution in [0.25, 0.3) is 5.69 Å². The van der Waals surface area contributed by atoms with E-state index in [1.165, 1.54) is 0 Å². The molecule has 1 aliphatic rings. The van der Waals surface area contributed by atoms with Crippen LogP contribution in [0.2, 0.25) is 0 Å². The van der Waals surface area contributed by atoms with Gasteiger partial charge in [0.25, 0.3) is 0 Å². The minimum atomic E-state index is 0.324. The molecule has 0 aliphatic carbocycles. The Bertz CT molecular complexity index is 967. The number of hydrogen-bond donors (Lipinski definition) is 0. The Kier molecular flexibility index (Phi) is 4.62. The molecule has 0 atom stereocenters. The summed E-state index contributed by atoms with van der Waals surface area (Å²) in [5.41, 5.74) is 3.62. The molecule has 0 radical (unpaired) electrons. The van der Waals surface area contributed by atoms with E-state index in [0.717, 1.165) is 38.8 Å². The Labute approximate surface area is 159 Å². The summed E-state index contributed by atoms with van der Waals surface area (Å²) in [7, 11) is 3.68. The van der Waals surface area contributed by atoms with Crippen molar-refractivity contribution in [3.05, 3.63) is 70.0 Å². The second-order valence-electron chi connectivity index (χ2n) is 5.99. The van der Waals surface area contributed by atoms with Crippen LogP contribution in [0.3, 0.4) is 0 Å². The fraction of sp³-hybridized carbons (Fsp3) is 0.222. The highest BCUT2D eigenvalue weighted by atomic mass is 79.9. The van der Waals surface area contributed by atoms with Gasteiger partial charge in [-0.1, -0.05) is 22.0 Å². The van der Waals surface area contributed by atoms with Crippen LogP contribution in [0.5, 0.6) is 0 Å². The van der Waals surface area contributed by atoms with Gasteiger partial charge in [-0.3, -0.25) is 19.4 Å². The first kappa shape index (κ1) is 17.0. The van der Waals surface area contributed by atoms with E-state index >= 15 is 0 Å². The Balaban J connectivity index is 1.87. The van der Waals surface area contributed by atoms with Gasteiger partial charge in [0.2, 0.25) is 0 Å². The van der Waals surface area contributed by atoms with Crippen molar-refractivity contribution in [3.63, 3.8) is 0 Å². The smallest absolute Gasteiger partial charge is 0.165 e. The van der Waals surface area contributed by atoms with Gasteiger partial charge in [-0.2, -0.15) is 5.06 Å². The predicted octanol–water partition coefficient (Wildman–Crippen LogP) is 2.77. The number of rotatable bonds is 4. The summed E-state index contributed by atoms with van der Waals surface area (Å²) >= 11 is 3.57. The maximum absolute atomic E-state index is 5.60.